The van der Waals surface area contributed by atoms with E-state index in [1.165, 1.54) is 30.3 Å². The first-order valence-electron chi connectivity index (χ1n) is 8.58. The molecular weight excluding hydrogens is 360 g/mol. The molecule has 1 aliphatic carbocycles. The summed E-state index contributed by atoms with van der Waals surface area (Å²) in [6.07, 6.45) is 3.15. The zero-order valence-corrected chi connectivity index (χ0v) is 15.0. The van der Waals surface area contributed by atoms with Crippen molar-refractivity contribution in [2.45, 2.75) is 36.6 Å². The van der Waals surface area contributed by atoms with Crippen LogP contribution in [0.5, 0.6) is 0 Å². The zero-order valence-electron chi connectivity index (χ0n) is 14.2. The predicted octanol–water partition coefficient (Wildman–Crippen LogP) is 3.46. The lowest BCUT2D eigenvalue weighted by atomic mass is 9.87. The first kappa shape index (κ1) is 18.9. The van der Waals surface area contributed by atoms with Crippen LogP contribution in [0.15, 0.2) is 47.4 Å². The summed E-state index contributed by atoms with van der Waals surface area (Å²) in [5.41, 5.74) is 0.681. The lowest BCUT2D eigenvalue weighted by Gasteiger charge is -2.28. The van der Waals surface area contributed by atoms with Crippen LogP contribution in [0.25, 0.3) is 11.1 Å². The molecule has 0 radical (unpaired) electrons. The second-order valence-electron chi connectivity index (χ2n) is 6.68. The van der Waals surface area contributed by atoms with Crippen molar-refractivity contribution >= 4 is 10.0 Å². The summed E-state index contributed by atoms with van der Waals surface area (Å²) in [6.45, 7) is 0.0656. The topological polar surface area (TPSA) is 66.4 Å². The maximum absolute atomic E-state index is 13.9. The Balaban J connectivity index is 1.76. The SMILES string of the molecule is O=S(=O)(N[C@@H]1CCC[C@H](CO)C1)c1ccc(-c2ccc(F)cc2F)cc1. The van der Waals surface area contributed by atoms with Gasteiger partial charge in [-0.1, -0.05) is 18.6 Å². The third-order valence-electron chi connectivity index (χ3n) is 4.77. The molecule has 0 spiro atoms. The second kappa shape index (κ2) is 7.82. The standard InChI is InChI=1S/C19H21F2NO3S/c20-15-6-9-18(19(21)11-15)14-4-7-17(8-5-14)26(24,25)22-16-3-1-2-13(10-16)12-23/h4-9,11,13,16,22-23H,1-3,10,12H2/t13-,16+/m0/s1. The van der Waals surface area contributed by atoms with Gasteiger partial charge in [-0.05, 0) is 55.0 Å². The van der Waals surface area contributed by atoms with E-state index in [0.29, 0.717) is 12.0 Å². The van der Waals surface area contributed by atoms with Gasteiger partial charge in [-0.3, -0.25) is 0 Å². The van der Waals surface area contributed by atoms with Gasteiger partial charge in [-0.25, -0.2) is 21.9 Å². The van der Waals surface area contributed by atoms with Crippen LogP contribution in [0.1, 0.15) is 25.7 Å². The van der Waals surface area contributed by atoms with Crippen LogP contribution in [0.4, 0.5) is 8.78 Å². The molecule has 2 N–H and O–H groups in total. The quantitative estimate of drug-likeness (QED) is 0.834. The second-order valence-corrected chi connectivity index (χ2v) is 8.40. The van der Waals surface area contributed by atoms with Crippen LogP contribution in [-0.2, 0) is 10.0 Å². The minimum atomic E-state index is -3.69. The molecule has 0 aliphatic heterocycles. The minimum Gasteiger partial charge on any atom is -0.396 e. The molecule has 0 amide bonds. The molecule has 140 valence electrons. The van der Waals surface area contributed by atoms with E-state index in [-0.39, 0.29) is 29.0 Å². The molecule has 7 heteroatoms. The van der Waals surface area contributed by atoms with Gasteiger partial charge in [-0.15, -0.1) is 0 Å². The van der Waals surface area contributed by atoms with E-state index >= 15 is 0 Å². The highest BCUT2D eigenvalue weighted by molar-refractivity contribution is 7.89. The molecule has 0 heterocycles. The summed E-state index contributed by atoms with van der Waals surface area (Å²) in [4.78, 5) is 0.0925. The predicted molar refractivity (Wildman–Crippen MR) is 94.9 cm³/mol. The number of sulfonamides is 1. The molecule has 26 heavy (non-hydrogen) atoms. The first-order valence-corrected chi connectivity index (χ1v) is 10.1. The van der Waals surface area contributed by atoms with Crippen molar-refractivity contribution in [1.29, 1.82) is 0 Å². The summed E-state index contributed by atoms with van der Waals surface area (Å²) in [7, 11) is -3.69. The van der Waals surface area contributed by atoms with E-state index in [0.717, 1.165) is 31.4 Å². The zero-order chi connectivity index (χ0) is 18.7. The fraction of sp³-hybridized carbons (Fsp3) is 0.368. The van der Waals surface area contributed by atoms with Gasteiger partial charge in [0.25, 0.3) is 0 Å². The molecular formula is C19H21F2NO3S. The van der Waals surface area contributed by atoms with E-state index < -0.39 is 21.7 Å². The first-order chi connectivity index (χ1) is 12.4. The lowest BCUT2D eigenvalue weighted by molar-refractivity contribution is 0.177. The number of hydrogen-bond acceptors (Lipinski definition) is 3. The summed E-state index contributed by atoms with van der Waals surface area (Å²) < 4.78 is 54.7. The fourth-order valence-corrected chi connectivity index (χ4v) is 4.67. The van der Waals surface area contributed by atoms with Crippen molar-refractivity contribution in [1.82, 2.24) is 4.72 Å². The molecule has 1 fully saturated rings. The minimum absolute atomic E-state index is 0.0656. The molecule has 4 nitrogen and oxygen atoms in total. The molecule has 0 saturated heterocycles. The number of benzene rings is 2. The van der Waals surface area contributed by atoms with Crippen molar-refractivity contribution < 1.29 is 22.3 Å². The van der Waals surface area contributed by atoms with Crippen LogP contribution in [0.2, 0.25) is 0 Å². The average Bonchev–Trinajstić information content (AvgIpc) is 2.62. The van der Waals surface area contributed by atoms with Crippen LogP contribution >= 0.6 is 0 Å². The maximum Gasteiger partial charge on any atom is 0.240 e. The molecule has 0 unspecified atom stereocenters. The monoisotopic (exact) mass is 381 g/mol. The van der Waals surface area contributed by atoms with Gasteiger partial charge < -0.3 is 5.11 Å². The van der Waals surface area contributed by atoms with E-state index in [9.17, 15) is 22.3 Å². The lowest BCUT2D eigenvalue weighted by Crippen LogP contribution is -2.38. The maximum atomic E-state index is 13.9. The Labute approximate surface area is 151 Å². The molecule has 2 atom stereocenters. The number of halogens is 2. The van der Waals surface area contributed by atoms with Gasteiger partial charge in [0.15, 0.2) is 0 Å². The molecule has 1 saturated carbocycles. The Morgan fingerprint density at radius 3 is 2.46 bits per heavy atom. The molecule has 1 aliphatic rings. The van der Waals surface area contributed by atoms with E-state index in [1.54, 1.807) is 0 Å². The number of rotatable bonds is 5. The molecule has 3 rings (SSSR count). The van der Waals surface area contributed by atoms with Gasteiger partial charge in [-0.2, -0.15) is 0 Å². The normalized spacial score (nSPS) is 20.9. The summed E-state index contributed by atoms with van der Waals surface area (Å²) in [5, 5.41) is 9.27. The van der Waals surface area contributed by atoms with Gasteiger partial charge in [0.05, 0.1) is 4.90 Å². The largest absolute Gasteiger partial charge is 0.396 e. The van der Waals surface area contributed by atoms with Gasteiger partial charge >= 0.3 is 0 Å². The fourth-order valence-electron chi connectivity index (χ4n) is 3.39. The molecule has 0 bridgehead atoms. The Bertz CT molecular complexity index is 869. The number of aliphatic hydroxyl groups excluding tert-OH is 1. The van der Waals surface area contributed by atoms with E-state index in [1.807, 2.05) is 0 Å². The van der Waals surface area contributed by atoms with Crippen molar-refractivity contribution in [3.05, 3.63) is 54.1 Å². The van der Waals surface area contributed by atoms with Crippen LogP contribution in [-0.4, -0.2) is 26.2 Å². The number of hydrogen-bond donors (Lipinski definition) is 2. The van der Waals surface area contributed by atoms with Crippen molar-refractivity contribution in [2.24, 2.45) is 5.92 Å². The van der Waals surface area contributed by atoms with Crippen molar-refractivity contribution in [2.75, 3.05) is 6.61 Å². The van der Waals surface area contributed by atoms with E-state index in [4.69, 9.17) is 0 Å². The van der Waals surface area contributed by atoms with Gasteiger partial charge in [0.2, 0.25) is 10.0 Å². The number of aliphatic hydroxyl groups is 1. The smallest absolute Gasteiger partial charge is 0.240 e. The highest BCUT2D eigenvalue weighted by Crippen LogP contribution is 2.27. The van der Waals surface area contributed by atoms with E-state index in [2.05, 4.69) is 4.72 Å². The summed E-state index contributed by atoms with van der Waals surface area (Å²) in [6, 6.07) is 8.90. The Morgan fingerprint density at radius 1 is 1.08 bits per heavy atom. The summed E-state index contributed by atoms with van der Waals surface area (Å²) >= 11 is 0. The third-order valence-corrected chi connectivity index (χ3v) is 6.31. The summed E-state index contributed by atoms with van der Waals surface area (Å²) in [5.74, 6) is -1.24. The van der Waals surface area contributed by atoms with Crippen LogP contribution < -0.4 is 4.72 Å². The highest BCUT2D eigenvalue weighted by atomic mass is 32.2. The van der Waals surface area contributed by atoms with Crippen molar-refractivity contribution in [3.63, 3.8) is 0 Å². The highest BCUT2D eigenvalue weighted by Gasteiger charge is 2.26. The van der Waals surface area contributed by atoms with Gasteiger partial charge in [0, 0.05) is 24.3 Å². The molecule has 2 aromatic rings. The molecule has 2 aromatic carbocycles. The Hall–Kier alpha value is -1.83. The Kier molecular flexibility index (Phi) is 5.70. The van der Waals surface area contributed by atoms with Gasteiger partial charge in [0.1, 0.15) is 11.6 Å². The number of nitrogens with one attached hydrogen (secondary N) is 1. The van der Waals surface area contributed by atoms with Crippen molar-refractivity contribution in [3.8, 4) is 11.1 Å². The van der Waals surface area contributed by atoms with Crippen LogP contribution in [0, 0.1) is 17.6 Å². The Morgan fingerprint density at radius 2 is 1.81 bits per heavy atom. The van der Waals surface area contributed by atoms with Crippen LogP contribution in [0.3, 0.4) is 0 Å². The average molecular weight is 381 g/mol. The third kappa shape index (κ3) is 4.28. The molecule has 0 aromatic heterocycles.